The second kappa shape index (κ2) is 6.42. The zero-order chi connectivity index (χ0) is 22.2. The minimum Gasteiger partial charge on any atom is -0.449 e. The first-order chi connectivity index (χ1) is 16.8. The number of ether oxygens (including phenoxy) is 2. The normalized spacial score (nSPS) is 12.6. The van der Waals surface area contributed by atoms with Gasteiger partial charge >= 0.3 is 0 Å². The van der Waals surface area contributed by atoms with Gasteiger partial charge in [-0.25, -0.2) is 0 Å². The molecule has 1 aliphatic rings. The highest BCUT2D eigenvalue weighted by molar-refractivity contribution is 6.23. The minimum absolute atomic E-state index is 0.721. The fraction of sp³-hybridized carbons (Fsp3) is 0. The van der Waals surface area contributed by atoms with Crippen molar-refractivity contribution >= 4 is 43.6 Å². The Kier molecular flexibility index (Phi) is 3.36. The van der Waals surface area contributed by atoms with Gasteiger partial charge in [0.2, 0.25) is 0 Å². The minimum atomic E-state index is 0.721. The van der Waals surface area contributed by atoms with E-state index in [1.54, 1.807) is 0 Å². The van der Waals surface area contributed by atoms with Crippen LogP contribution < -0.4 is 9.47 Å². The lowest BCUT2D eigenvalue weighted by atomic mass is 10.1. The molecule has 0 radical (unpaired) electrons. The number of aromatic amines is 1. The Morgan fingerprint density at radius 1 is 0.529 bits per heavy atom. The molecule has 160 valence electrons. The van der Waals surface area contributed by atoms with Gasteiger partial charge in [-0.2, -0.15) is 0 Å². The number of hydrogen-bond donors (Lipinski definition) is 1. The molecular formula is C30H18N2O2. The molecule has 4 nitrogen and oxygen atoms in total. The fourth-order valence-electron chi connectivity index (χ4n) is 5.28. The van der Waals surface area contributed by atoms with Crippen molar-refractivity contribution in [2.75, 3.05) is 0 Å². The first kappa shape index (κ1) is 17.8. The van der Waals surface area contributed by atoms with E-state index in [4.69, 9.17) is 9.47 Å². The Balaban J connectivity index is 1.53. The summed E-state index contributed by atoms with van der Waals surface area (Å²) in [7, 11) is 0. The molecule has 8 rings (SSSR count). The van der Waals surface area contributed by atoms with Crippen molar-refractivity contribution in [3.8, 4) is 28.7 Å². The summed E-state index contributed by atoms with van der Waals surface area (Å²) in [4.78, 5) is 3.69. The van der Waals surface area contributed by atoms with Crippen LogP contribution in [0, 0.1) is 0 Å². The van der Waals surface area contributed by atoms with E-state index in [9.17, 15) is 0 Å². The van der Waals surface area contributed by atoms with Gasteiger partial charge in [0.05, 0.1) is 16.6 Å². The summed E-state index contributed by atoms with van der Waals surface area (Å²) >= 11 is 0. The van der Waals surface area contributed by atoms with Gasteiger partial charge in [0, 0.05) is 38.8 Å². The maximum Gasteiger partial charge on any atom is 0.172 e. The largest absolute Gasteiger partial charge is 0.449 e. The number of para-hydroxylation sites is 4. The van der Waals surface area contributed by atoms with Gasteiger partial charge in [-0.1, -0.05) is 60.7 Å². The Bertz CT molecular complexity index is 1910. The summed E-state index contributed by atoms with van der Waals surface area (Å²) < 4.78 is 14.8. The molecule has 7 aromatic rings. The summed E-state index contributed by atoms with van der Waals surface area (Å²) in [5, 5.41) is 4.74. The van der Waals surface area contributed by atoms with Gasteiger partial charge in [-0.05, 0) is 36.4 Å². The SMILES string of the molecule is c1ccc(-n2c3cc4c(cc3c3ccc5c6ccccc6[nH]c5c32)Oc2ccccc2O4)cc1. The maximum atomic E-state index is 6.26. The third kappa shape index (κ3) is 2.32. The van der Waals surface area contributed by atoms with Crippen LogP contribution in [0.5, 0.6) is 23.0 Å². The Labute approximate surface area is 194 Å². The number of benzene rings is 5. The van der Waals surface area contributed by atoms with Crippen LogP contribution in [0.2, 0.25) is 0 Å². The molecule has 0 bridgehead atoms. The first-order valence-corrected chi connectivity index (χ1v) is 11.4. The summed E-state index contributed by atoms with van der Waals surface area (Å²) in [6.07, 6.45) is 0. The summed E-state index contributed by atoms with van der Waals surface area (Å²) in [5.41, 5.74) is 5.59. The van der Waals surface area contributed by atoms with E-state index in [1.807, 2.05) is 30.3 Å². The van der Waals surface area contributed by atoms with Crippen molar-refractivity contribution in [1.29, 1.82) is 0 Å². The molecule has 34 heavy (non-hydrogen) atoms. The number of rotatable bonds is 1. The molecule has 4 heteroatoms. The van der Waals surface area contributed by atoms with Crippen molar-refractivity contribution in [2.24, 2.45) is 0 Å². The third-order valence-corrected chi connectivity index (χ3v) is 6.77. The van der Waals surface area contributed by atoms with Gasteiger partial charge in [0.25, 0.3) is 0 Å². The Morgan fingerprint density at radius 2 is 1.21 bits per heavy atom. The fourth-order valence-corrected chi connectivity index (χ4v) is 5.28. The predicted molar refractivity (Wildman–Crippen MR) is 137 cm³/mol. The summed E-state index contributed by atoms with van der Waals surface area (Å²) in [5.74, 6) is 2.92. The van der Waals surface area contributed by atoms with Crippen molar-refractivity contribution in [2.45, 2.75) is 0 Å². The van der Waals surface area contributed by atoms with E-state index >= 15 is 0 Å². The van der Waals surface area contributed by atoms with E-state index in [-0.39, 0.29) is 0 Å². The predicted octanol–water partition coefficient (Wildman–Crippen LogP) is 8.32. The average molecular weight is 438 g/mol. The van der Waals surface area contributed by atoms with E-state index in [0.717, 1.165) is 56.1 Å². The molecule has 3 heterocycles. The highest BCUT2D eigenvalue weighted by Gasteiger charge is 2.23. The molecule has 0 saturated heterocycles. The number of fused-ring (bicyclic) bond motifs is 9. The zero-order valence-electron chi connectivity index (χ0n) is 18.1. The van der Waals surface area contributed by atoms with Crippen LogP contribution in [0.15, 0.2) is 103 Å². The lowest BCUT2D eigenvalue weighted by Crippen LogP contribution is -1.99. The van der Waals surface area contributed by atoms with Crippen molar-refractivity contribution in [1.82, 2.24) is 9.55 Å². The maximum absolute atomic E-state index is 6.26. The Morgan fingerprint density at radius 3 is 2.03 bits per heavy atom. The van der Waals surface area contributed by atoms with E-state index in [0.29, 0.717) is 0 Å². The molecule has 0 aliphatic carbocycles. The van der Waals surface area contributed by atoms with E-state index < -0.39 is 0 Å². The highest BCUT2D eigenvalue weighted by atomic mass is 16.6. The molecule has 1 N–H and O–H groups in total. The number of nitrogens with zero attached hydrogens (tertiary/aromatic N) is 1. The van der Waals surface area contributed by atoms with E-state index in [1.165, 1.54) is 16.2 Å². The van der Waals surface area contributed by atoms with Gasteiger partial charge < -0.3 is 19.0 Å². The standard InChI is InChI=1S/C30H18N2O2/c1-2-8-18(9-3-1)32-24-17-28-27(33-25-12-6-7-13-26(25)34-28)16-22(24)21-15-14-20-19-10-4-5-11-23(19)31-29(20)30(21)32/h1-17,31H. The van der Waals surface area contributed by atoms with Gasteiger partial charge in [-0.3, -0.25) is 0 Å². The molecule has 0 fully saturated rings. The lowest BCUT2D eigenvalue weighted by molar-refractivity contribution is 0.360. The molecule has 1 aliphatic heterocycles. The van der Waals surface area contributed by atoms with Crippen molar-refractivity contribution < 1.29 is 9.47 Å². The summed E-state index contributed by atoms with van der Waals surface area (Å²) in [6, 6.07) is 35.4. The third-order valence-electron chi connectivity index (χ3n) is 6.77. The smallest absolute Gasteiger partial charge is 0.172 e. The number of H-pyrrole nitrogens is 1. The lowest BCUT2D eigenvalue weighted by Gasteiger charge is -2.20. The molecule has 0 unspecified atom stereocenters. The molecule has 5 aromatic carbocycles. The zero-order valence-corrected chi connectivity index (χ0v) is 18.1. The number of aromatic nitrogens is 2. The number of nitrogens with one attached hydrogen (secondary N) is 1. The van der Waals surface area contributed by atoms with Crippen LogP contribution in [0.25, 0.3) is 49.3 Å². The first-order valence-electron chi connectivity index (χ1n) is 11.4. The average Bonchev–Trinajstić information content (AvgIpc) is 3.42. The molecular weight excluding hydrogens is 420 g/mol. The van der Waals surface area contributed by atoms with Crippen LogP contribution in [0.1, 0.15) is 0 Å². The molecule has 2 aromatic heterocycles. The van der Waals surface area contributed by atoms with Crippen LogP contribution in [-0.4, -0.2) is 9.55 Å². The van der Waals surface area contributed by atoms with Gasteiger partial charge in [-0.15, -0.1) is 0 Å². The monoisotopic (exact) mass is 438 g/mol. The second-order valence-electron chi connectivity index (χ2n) is 8.69. The van der Waals surface area contributed by atoms with Crippen LogP contribution in [0.4, 0.5) is 0 Å². The summed E-state index contributed by atoms with van der Waals surface area (Å²) in [6.45, 7) is 0. The van der Waals surface area contributed by atoms with E-state index in [2.05, 4.69) is 82.3 Å². The Hall–Kier alpha value is -4.70. The van der Waals surface area contributed by atoms with Crippen molar-refractivity contribution in [3.63, 3.8) is 0 Å². The topological polar surface area (TPSA) is 39.2 Å². The van der Waals surface area contributed by atoms with Crippen molar-refractivity contribution in [3.05, 3.63) is 103 Å². The van der Waals surface area contributed by atoms with Gasteiger partial charge in [0.15, 0.2) is 23.0 Å². The van der Waals surface area contributed by atoms with Crippen LogP contribution in [0.3, 0.4) is 0 Å². The molecule has 0 amide bonds. The van der Waals surface area contributed by atoms with Crippen LogP contribution >= 0.6 is 0 Å². The quantitative estimate of drug-likeness (QED) is 0.280. The highest BCUT2D eigenvalue weighted by Crippen LogP contribution is 2.49. The molecule has 0 atom stereocenters. The van der Waals surface area contributed by atoms with Crippen LogP contribution in [-0.2, 0) is 0 Å². The second-order valence-corrected chi connectivity index (χ2v) is 8.69. The molecule has 0 spiro atoms. The molecule has 0 saturated carbocycles. The number of hydrogen-bond acceptors (Lipinski definition) is 2. The van der Waals surface area contributed by atoms with Gasteiger partial charge in [0.1, 0.15) is 0 Å².